The molecule has 21 heavy (non-hydrogen) atoms. The molecule has 1 aromatic rings. The van der Waals surface area contributed by atoms with Crippen LogP contribution in [0.5, 0.6) is 0 Å². The predicted molar refractivity (Wildman–Crippen MR) is 85.3 cm³/mol. The SMILES string of the molecule is Cc1ccc(NC(=O)CN[C@H]2CCCCC[C@@H]2CO)cc1. The normalized spacial score (nSPS) is 22.6. The Morgan fingerprint density at radius 3 is 2.62 bits per heavy atom. The molecule has 1 fully saturated rings. The van der Waals surface area contributed by atoms with Crippen molar-refractivity contribution >= 4 is 11.6 Å². The van der Waals surface area contributed by atoms with Crippen LogP contribution in [0.25, 0.3) is 0 Å². The number of hydrogen-bond acceptors (Lipinski definition) is 3. The average molecular weight is 290 g/mol. The van der Waals surface area contributed by atoms with Gasteiger partial charge in [0.1, 0.15) is 0 Å². The lowest BCUT2D eigenvalue weighted by Crippen LogP contribution is -2.41. The monoisotopic (exact) mass is 290 g/mol. The van der Waals surface area contributed by atoms with E-state index in [4.69, 9.17) is 0 Å². The maximum atomic E-state index is 12.0. The molecule has 0 unspecified atom stereocenters. The first kappa shape index (κ1) is 16.0. The number of anilines is 1. The summed E-state index contributed by atoms with van der Waals surface area (Å²) in [5.74, 6) is 0.250. The summed E-state index contributed by atoms with van der Waals surface area (Å²) in [6.07, 6.45) is 5.67. The summed E-state index contributed by atoms with van der Waals surface area (Å²) >= 11 is 0. The summed E-state index contributed by atoms with van der Waals surface area (Å²) in [5, 5.41) is 15.7. The molecule has 0 radical (unpaired) electrons. The molecule has 0 aliphatic heterocycles. The van der Waals surface area contributed by atoms with Crippen LogP contribution >= 0.6 is 0 Å². The zero-order chi connectivity index (χ0) is 15.1. The predicted octanol–water partition coefficient (Wildman–Crippen LogP) is 2.46. The van der Waals surface area contributed by atoms with Crippen LogP contribution in [0.15, 0.2) is 24.3 Å². The maximum Gasteiger partial charge on any atom is 0.238 e. The molecule has 1 aromatic carbocycles. The van der Waals surface area contributed by atoms with Crippen molar-refractivity contribution in [3.63, 3.8) is 0 Å². The van der Waals surface area contributed by atoms with Crippen molar-refractivity contribution in [1.29, 1.82) is 0 Å². The Morgan fingerprint density at radius 2 is 1.90 bits per heavy atom. The van der Waals surface area contributed by atoms with E-state index in [0.29, 0.717) is 6.54 Å². The lowest BCUT2D eigenvalue weighted by atomic mass is 9.96. The fraction of sp³-hybridized carbons (Fsp3) is 0.588. The number of benzene rings is 1. The highest BCUT2D eigenvalue weighted by molar-refractivity contribution is 5.92. The molecule has 4 heteroatoms. The second-order valence-corrected chi connectivity index (χ2v) is 5.98. The van der Waals surface area contributed by atoms with Gasteiger partial charge in [-0.05, 0) is 37.8 Å². The minimum absolute atomic E-state index is 0.0280. The molecule has 0 saturated heterocycles. The van der Waals surface area contributed by atoms with Crippen molar-refractivity contribution in [2.45, 2.75) is 45.1 Å². The topological polar surface area (TPSA) is 61.4 Å². The number of nitrogens with one attached hydrogen (secondary N) is 2. The highest BCUT2D eigenvalue weighted by Gasteiger charge is 2.23. The summed E-state index contributed by atoms with van der Waals surface area (Å²) in [4.78, 5) is 12.0. The number of carbonyl (C=O) groups excluding carboxylic acids is 1. The molecule has 1 aliphatic carbocycles. The Bertz CT molecular complexity index is 445. The number of aliphatic hydroxyl groups is 1. The second-order valence-electron chi connectivity index (χ2n) is 5.98. The first-order valence-corrected chi connectivity index (χ1v) is 7.90. The third-order valence-electron chi connectivity index (χ3n) is 4.25. The smallest absolute Gasteiger partial charge is 0.238 e. The molecule has 0 aromatic heterocycles. The summed E-state index contributed by atoms with van der Waals surface area (Å²) in [7, 11) is 0. The molecule has 0 bridgehead atoms. The zero-order valence-electron chi connectivity index (χ0n) is 12.8. The molecular formula is C17H26N2O2. The molecule has 0 spiro atoms. The van der Waals surface area contributed by atoms with Crippen LogP contribution in [-0.2, 0) is 4.79 Å². The van der Waals surface area contributed by atoms with Gasteiger partial charge in [0.05, 0.1) is 6.54 Å². The molecule has 1 aliphatic rings. The van der Waals surface area contributed by atoms with Crippen LogP contribution in [0.4, 0.5) is 5.69 Å². The molecule has 116 valence electrons. The van der Waals surface area contributed by atoms with Crippen molar-refractivity contribution in [3.05, 3.63) is 29.8 Å². The van der Waals surface area contributed by atoms with Crippen LogP contribution in [0.3, 0.4) is 0 Å². The van der Waals surface area contributed by atoms with E-state index in [0.717, 1.165) is 18.5 Å². The molecule has 1 saturated carbocycles. The fourth-order valence-electron chi connectivity index (χ4n) is 2.94. The highest BCUT2D eigenvalue weighted by Crippen LogP contribution is 2.23. The van der Waals surface area contributed by atoms with E-state index < -0.39 is 0 Å². The van der Waals surface area contributed by atoms with Gasteiger partial charge in [-0.15, -0.1) is 0 Å². The van der Waals surface area contributed by atoms with Crippen LogP contribution in [0, 0.1) is 12.8 Å². The largest absolute Gasteiger partial charge is 0.396 e. The van der Waals surface area contributed by atoms with Gasteiger partial charge in [-0.3, -0.25) is 4.79 Å². The van der Waals surface area contributed by atoms with Crippen molar-refractivity contribution in [1.82, 2.24) is 5.32 Å². The molecular weight excluding hydrogens is 264 g/mol. The summed E-state index contributed by atoms with van der Waals surface area (Å²) < 4.78 is 0. The fourth-order valence-corrected chi connectivity index (χ4v) is 2.94. The number of aliphatic hydroxyl groups excluding tert-OH is 1. The molecule has 1 amide bonds. The summed E-state index contributed by atoms with van der Waals surface area (Å²) in [6.45, 7) is 2.53. The third-order valence-corrected chi connectivity index (χ3v) is 4.25. The lowest BCUT2D eigenvalue weighted by Gasteiger charge is -2.24. The maximum absolute atomic E-state index is 12.0. The second kappa shape index (κ2) is 8.15. The van der Waals surface area contributed by atoms with Crippen molar-refractivity contribution in [3.8, 4) is 0 Å². The molecule has 3 N–H and O–H groups in total. The quantitative estimate of drug-likeness (QED) is 0.730. The molecule has 2 atom stereocenters. The Labute approximate surface area is 126 Å². The van der Waals surface area contributed by atoms with Gasteiger partial charge < -0.3 is 15.7 Å². The Kier molecular flexibility index (Phi) is 6.21. The van der Waals surface area contributed by atoms with E-state index in [-0.39, 0.29) is 24.5 Å². The number of aryl methyl sites for hydroxylation is 1. The van der Waals surface area contributed by atoms with Crippen molar-refractivity contribution < 1.29 is 9.90 Å². The molecule has 0 heterocycles. The van der Waals surface area contributed by atoms with E-state index in [1.807, 2.05) is 31.2 Å². The van der Waals surface area contributed by atoms with E-state index in [2.05, 4.69) is 10.6 Å². The highest BCUT2D eigenvalue weighted by atomic mass is 16.3. The van der Waals surface area contributed by atoms with E-state index >= 15 is 0 Å². The number of carbonyl (C=O) groups is 1. The average Bonchev–Trinajstić information content (AvgIpc) is 2.72. The van der Waals surface area contributed by atoms with Gasteiger partial charge >= 0.3 is 0 Å². The van der Waals surface area contributed by atoms with Crippen LogP contribution in [-0.4, -0.2) is 30.2 Å². The molecule has 2 rings (SSSR count). The van der Waals surface area contributed by atoms with Crippen LogP contribution < -0.4 is 10.6 Å². The summed E-state index contributed by atoms with van der Waals surface area (Å²) in [6, 6.07) is 8.04. The number of amides is 1. The van der Waals surface area contributed by atoms with Gasteiger partial charge in [-0.1, -0.05) is 37.0 Å². The van der Waals surface area contributed by atoms with Crippen LogP contribution in [0.1, 0.15) is 37.7 Å². The van der Waals surface area contributed by atoms with Gasteiger partial charge in [-0.25, -0.2) is 0 Å². The van der Waals surface area contributed by atoms with Gasteiger partial charge in [0.25, 0.3) is 0 Å². The van der Waals surface area contributed by atoms with Gasteiger partial charge in [0, 0.05) is 18.3 Å². The van der Waals surface area contributed by atoms with E-state index in [1.165, 1.54) is 24.8 Å². The minimum atomic E-state index is -0.0280. The molecule has 4 nitrogen and oxygen atoms in total. The minimum Gasteiger partial charge on any atom is -0.396 e. The van der Waals surface area contributed by atoms with Crippen molar-refractivity contribution in [2.24, 2.45) is 5.92 Å². The standard InChI is InChI=1S/C17H26N2O2/c1-13-7-9-15(10-8-13)19-17(21)11-18-16-6-4-2-3-5-14(16)12-20/h7-10,14,16,18,20H,2-6,11-12H2,1H3,(H,19,21)/t14-,16+/m1/s1. The Morgan fingerprint density at radius 1 is 1.19 bits per heavy atom. The summed E-state index contributed by atoms with van der Waals surface area (Å²) in [5.41, 5.74) is 2.00. The van der Waals surface area contributed by atoms with Gasteiger partial charge in [-0.2, -0.15) is 0 Å². The zero-order valence-corrected chi connectivity index (χ0v) is 12.8. The van der Waals surface area contributed by atoms with Crippen LogP contribution in [0.2, 0.25) is 0 Å². The number of hydrogen-bond donors (Lipinski definition) is 3. The van der Waals surface area contributed by atoms with E-state index in [9.17, 15) is 9.90 Å². The first-order valence-electron chi connectivity index (χ1n) is 7.90. The third kappa shape index (κ3) is 5.14. The van der Waals surface area contributed by atoms with Crippen molar-refractivity contribution in [2.75, 3.05) is 18.5 Å². The van der Waals surface area contributed by atoms with Gasteiger partial charge in [0.2, 0.25) is 5.91 Å². The Balaban J connectivity index is 1.80. The van der Waals surface area contributed by atoms with E-state index in [1.54, 1.807) is 0 Å². The lowest BCUT2D eigenvalue weighted by molar-refractivity contribution is -0.115. The first-order chi connectivity index (χ1) is 10.2. The van der Waals surface area contributed by atoms with Gasteiger partial charge in [0.15, 0.2) is 0 Å². The Hall–Kier alpha value is -1.39. The number of rotatable bonds is 5.